The number of allylic oxidation sites excluding steroid dienone is 2. The van der Waals surface area contributed by atoms with E-state index in [1.807, 2.05) is 12.1 Å². The molecule has 2 aliphatic rings. The largest absolute Gasteiger partial charge is 0.494 e. The van der Waals surface area contributed by atoms with Gasteiger partial charge >= 0.3 is 0 Å². The molecule has 0 saturated heterocycles. The number of hydrogen-bond acceptors (Lipinski definition) is 4. The van der Waals surface area contributed by atoms with Gasteiger partial charge in [-0.3, -0.25) is 10.1 Å². The molecular formula is C23H26N2O3. The molecule has 2 aromatic carbocycles. The Morgan fingerprint density at radius 2 is 2.11 bits per heavy atom. The van der Waals surface area contributed by atoms with E-state index in [0.717, 1.165) is 36.4 Å². The van der Waals surface area contributed by atoms with E-state index in [1.54, 1.807) is 18.2 Å². The maximum Gasteiger partial charge on any atom is 0.269 e. The van der Waals surface area contributed by atoms with Gasteiger partial charge in [0.25, 0.3) is 5.69 Å². The molecule has 0 amide bonds. The predicted molar refractivity (Wildman–Crippen MR) is 111 cm³/mol. The first-order valence-corrected chi connectivity index (χ1v) is 9.97. The van der Waals surface area contributed by atoms with Crippen molar-refractivity contribution in [1.29, 1.82) is 0 Å². The molecule has 0 saturated carbocycles. The fraction of sp³-hybridized carbons (Fsp3) is 0.391. The highest BCUT2D eigenvalue weighted by Crippen LogP contribution is 2.50. The summed E-state index contributed by atoms with van der Waals surface area (Å²) in [5, 5.41) is 14.8. The highest BCUT2D eigenvalue weighted by atomic mass is 16.6. The minimum atomic E-state index is -0.328. The van der Waals surface area contributed by atoms with Crippen LogP contribution >= 0.6 is 0 Å². The van der Waals surface area contributed by atoms with Crippen molar-refractivity contribution in [3.05, 3.63) is 75.9 Å². The quantitative estimate of drug-likeness (QED) is 0.389. The molecule has 5 heteroatoms. The molecule has 5 nitrogen and oxygen atoms in total. The number of hydrogen-bond donors (Lipinski definition) is 1. The highest BCUT2D eigenvalue weighted by Gasteiger charge is 2.38. The molecule has 0 fully saturated rings. The number of nitrogens with one attached hydrogen (secondary N) is 1. The van der Waals surface area contributed by atoms with Crippen LogP contribution < -0.4 is 10.1 Å². The smallest absolute Gasteiger partial charge is 0.269 e. The van der Waals surface area contributed by atoms with Crippen molar-refractivity contribution < 1.29 is 9.66 Å². The Labute approximate surface area is 165 Å². The molecule has 0 aromatic heterocycles. The SMILES string of the molecule is CC(C)CCOc1ccc2c(c1)C1C=CCC1C(c1cccc([N+](=O)[O-])c1)N2. The van der Waals surface area contributed by atoms with Crippen LogP contribution in [0.5, 0.6) is 5.75 Å². The number of non-ortho nitro benzene ring substituents is 1. The molecule has 0 spiro atoms. The van der Waals surface area contributed by atoms with E-state index < -0.39 is 0 Å². The lowest BCUT2D eigenvalue weighted by Gasteiger charge is -2.37. The monoisotopic (exact) mass is 378 g/mol. The number of nitrogens with zero attached hydrogens (tertiary/aromatic N) is 1. The summed E-state index contributed by atoms with van der Waals surface area (Å²) in [5.74, 6) is 2.18. The molecule has 0 radical (unpaired) electrons. The standard InChI is InChI=1S/C23H26N2O3/c1-15(2)11-12-28-18-9-10-22-21(14-18)19-7-4-8-20(19)23(24-22)16-5-3-6-17(13-16)25(26)27/h3-7,9-10,13-15,19-20,23-24H,8,11-12H2,1-2H3. The first kappa shape index (κ1) is 18.5. The highest BCUT2D eigenvalue weighted by molar-refractivity contribution is 5.62. The van der Waals surface area contributed by atoms with Crippen molar-refractivity contribution in [3.63, 3.8) is 0 Å². The molecule has 146 valence electrons. The van der Waals surface area contributed by atoms with Crippen LogP contribution in [0.25, 0.3) is 0 Å². The Bertz CT molecular complexity index is 906. The van der Waals surface area contributed by atoms with Crippen LogP contribution in [0.1, 0.15) is 49.8 Å². The Morgan fingerprint density at radius 3 is 2.89 bits per heavy atom. The van der Waals surface area contributed by atoms with Crippen LogP contribution in [0.2, 0.25) is 0 Å². The first-order chi connectivity index (χ1) is 13.5. The second-order valence-electron chi connectivity index (χ2n) is 8.11. The van der Waals surface area contributed by atoms with Gasteiger partial charge in [-0.1, -0.05) is 38.1 Å². The average Bonchev–Trinajstić information content (AvgIpc) is 3.17. The topological polar surface area (TPSA) is 64.4 Å². The van der Waals surface area contributed by atoms with Gasteiger partial charge in [0.2, 0.25) is 0 Å². The van der Waals surface area contributed by atoms with E-state index >= 15 is 0 Å². The van der Waals surface area contributed by atoms with Crippen LogP contribution in [0.15, 0.2) is 54.6 Å². The van der Waals surface area contributed by atoms with Crippen molar-refractivity contribution in [2.45, 2.75) is 38.6 Å². The van der Waals surface area contributed by atoms with Crippen LogP contribution in [-0.2, 0) is 0 Å². The Kier molecular flexibility index (Phi) is 5.07. The zero-order valence-electron chi connectivity index (χ0n) is 16.3. The minimum Gasteiger partial charge on any atom is -0.494 e. The van der Waals surface area contributed by atoms with Gasteiger partial charge in [0, 0.05) is 23.7 Å². The van der Waals surface area contributed by atoms with Crippen molar-refractivity contribution in [2.24, 2.45) is 11.8 Å². The lowest BCUT2D eigenvalue weighted by atomic mass is 9.77. The minimum absolute atomic E-state index is 0.0557. The summed E-state index contributed by atoms with van der Waals surface area (Å²) < 4.78 is 5.96. The summed E-state index contributed by atoms with van der Waals surface area (Å²) in [6, 6.07) is 13.3. The van der Waals surface area contributed by atoms with Gasteiger partial charge in [0.05, 0.1) is 17.6 Å². The number of rotatable bonds is 6. The summed E-state index contributed by atoms with van der Waals surface area (Å²) >= 11 is 0. The van der Waals surface area contributed by atoms with Gasteiger partial charge in [-0.2, -0.15) is 0 Å². The number of ether oxygens (including phenoxy) is 1. The Morgan fingerprint density at radius 1 is 1.25 bits per heavy atom. The summed E-state index contributed by atoms with van der Waals surface area (Å²) in [7, 11) is 0. The summed E-state index contributed by atoms with van der Waals surface area (Å²) in [4.78, 5) is 10.9. The third-order valence-electron chi connectivity index (χ3n) is 5.74. The number of anilines is 1. The predicted octanol–water partition coefficient (Wildman–Crippen LogP) is 5.85. The Balaban J connectivity index is 1.61. The maximum absolute atomic E-state index is 11.2. The molecule has 28 heavy (non-hydrogen) atoms. The third-order valence-corrected chi connectivity index (χ3v) is 5.74. The number of fused-ring (bicyclic) bond motifs is 3. The van der Waals surface area contributed by atoms with Crippen molar-refractivity contribution in [1.82, 2.24) is 0 Å². The second kappa shape index (κ2) is 7.66. The Hall–Kier alpha value is -2.82. The summed E-state index contributed by atoms with van der Waals surface area (Å²) in [5.41, 5.74) is 3.44. The van der Waals surface area contributed by atoms with E-state index in [9.17, 15) is 10.1 Å². The van der Waals surface area contributed by atoms with Crippen molar-refractivity contribution >= 4 is 11.4 Å². The van der Waals surface area contributed by atoms with Crippen LogP contribution in [0.4, 0.5) is 11.4 Å². The van der Waals surface area contributed by atoms with Crippen LogP contribution in [-0.4, -0.2) is 11.5 Å². The molecule has 0 bridgehead atoms. The van der Waals surface area contributed by atoms with E-state index in [0.29, 0.717) is 17.8 Å². The van der Waals surface area contributed by atoms with Gasteiger partial charge in [0.15, 0.2) is 0 Å². The van der Waals surface area contributed by atoms with Crippen LogP contribution in [0, 0.1) is 22.0 Å². The molecule has 1 heterocycles. The van der Waals surface area contributed by atoms with Gasteiger partial charge in [-0.25, -0.2) is 0 Å². The van der Waals surface area contributed by atoms with Crippen molar-refractivity contribution in [3.8, 4) is 5.75 Å². The molecule has 1 aliphatic heterocycles. The van der Waals surface area contributed by atoms with Gasteiger partial charge in [0.1, 0.15) is 5.75 Å². The van der Waals surface area contributed by atoms with E-state index in [4.69, 9.17) is 4.74 Å². The second-order valence-corrected chi connectivity index (χ2v) is 8.11. The molecule has 1 aliphatic carbocycles. The van der Waals surface area contributed by atoms with Gasteiger partial charge < -0.3 is 10.1 Å². The number of nitro benzene ring substituents is 1. The summed E-state index contributed by atoms with van der Waals surface area (Å²) in [6.45, 7) is 5.12. The third kappa shape index (κ3) is 3.61. The molecule has 4 rings (SSSR count). The van der Waals surface area contributed by atoms with Gasteiger partial charge in [-0.05, 0) is 54.0 Å². The normalized spacial score (nSPS) is 22.5. The van der Waals surface area contributed by atoms with E-state index in [2.05, 4.69) is 43.4 Å². The molecule has 1 N–H and O–H groups in total. The molecule has 3 unspecified atom stereocenters. The average molecular weight is 378 g/mol. The van der Waals surface area contributed by atoms with E-state index in [-0.39, 0.29) is 16.7 Å². The molecule has 3 atom stereocenters. The molecular weight excluding hydrogens is 352 g/mol. The number of benzene rings is 2. The number of nitro groups is 1. The summed E-state index contributed by atoms with van der Waals surface area (Å²) in [6.07, 6.45) is 6.49. The van der Waals surface area contributed by atoms with Gasteiger partial charge in [-0.15, -0.1) is 0 Å². The fourth-order valence-corrected chi connectivity index (χ4v) is 4.24. The van der Waals surface area contributed by atoms with E-state index in [1.165, 1.54) is 5.56 Å². The maximum atomic E-state index is 11.2. The lowest BCUT2D eigenvalue weighted by molar-refractivity contribution is -0.384. The zero-order valence-corrected chi connectivity index (χ0v) is 16.3. The molecule has 2 aromatic rings. The van der Waals surface area contributed by atoms with Crippen LogP contribution in [0.3, 0.4) is 0 Å². The first-order valence-electron chi connectivity index (χ1n) is 9.97. The lowest BCUT2D eigenvalue weighted by Crippen LogP contribution is -2.29. The fourth-order valence-electron chi connectivity index (χ4n) is 4.24. The zero-order chi connectivity index (χ0) is 19.7. The van der Waals surface area contributed by atoms with Crippen molar-refractivity contribution in [2.75, 3.05) is 11.9 Å².